The van der Waals surface area contributed by atoms with Crippen LogP contribution in [0.1, 0.15) is 33.0 Å². The van der Waals surface area contributed by atoms with Gasteiger partial charge in [0.2, 0.25) is 0 Å². The van der Waals surface area contributed by atoms with Gasteiger partial charge in [-0.3, -0.25) is 11.3 Å². The van der Waals surface area contributed by atoms with Crippen LogP contribution in [0.5, 0.6) is 0 Å². The lowest BCUT2D eigenvalue weighted by molar-refractivity contribution is 0.0469. The Morgan fingerprint density at radius 2 is 2.29 bits per heavy atom. The number of rotatable bonds is 8. The van der Waals surface area contributed by atoms with E-state index in [1.807, 2.05) is 26.2 Å². The van der Waals surface area contributed by atoms with Crippen LogP contribution in [0.3, 0.4) is 0 Å². The number of nitrogens with zero attached hydrogens (tertiary/aromatic N) is 2. The Morgan fingerprint density at radius 3 is 2.88 bits per heavy atom. The highest BCUT2D eigenvalue weighted by molar-refractivity contribution is 4.96. The lowest BCUT2D eigenvalue weighted by Crippen LogP contribution is -2.45. The molecule has 0 amide bonds. The fraction of sp³-hybridized carbons (Fsp3) is 0.750. The first-order chi connectivity index (χ1) is 8.22. The van der Waals surface area contributed by atoms with Crippen LogP contribution in [0, 0.1) is 0 Å². The second-order valence-corrected chi connectivity index (χ2v) is 4.17. The molecule has 1 aromatic rings. The number of aromatic nitrogens is 2. The summed E-state index contributed by atoms with van der Waals surface area (Å²) in [5.74, 6) is 6.63. The number of hydrogen-bond donors (Lipinski definition) is 2. The van der Waals surface area contributed by atoms with Crippen molar-refractivity contribution in [3.63, 3.8) is 0 Å². The zero-order chi connectivity index (χ0) is 12.7. The molecule has 0 spiro atoms. The van der Waals surface area contributed by atoms with Crippen molar-refractivity contribution in [1.82, 2.24) is 15.0 Å². The number of nitrogens with two attached hydrogens (primary N) is 1. The van der Waals surface area contributed by atoms with E-state index < -0.39 is 0 Å². The molecular weight excluding hydrogens is 216 g/mol. The Hall–Kier alpha value is -0.910. The third kappa shape index (κ3) is 4.11. The van der Waals surface area contributed by atoms with Gasteiger partial charge in [0, 0.05) is 32.0 Å². The molecule has 2 atom stereocenters. The van der Waals surface area contributed by atoms with Gasteiger partial charge in [0.15, 0.2) is 0 Å². The van der Waals surface area contributed by atoms with Crippen molar-refractivity contribution in [2.24, 2.45) is 5.84 Å². The van der Waals surface area contributed by atoms with Crippen molar-refractivity contribution in [2.45, 2.75) is 52.3 Å². The number of ether oxygens (including phenoxy) is 1. The monoisotopic (exact) mass is 240 g/mol. The summed E-state index contributed by atoms with van der Waals surface area (Å²) < 4.78 is 7.73. The van der Waals surface area contributed by atoms with Crippen molar-refractivity contribution in [1.29, 1.82) is 0 Å². The van der Waals surface area contributed by atoms with Crippen LogP contribution in [-0.2, 0) is 17.7 Å². The summed E-state index contributed by atoms with van der Waals surface area (Å²) >= 11 is 0. The number of nitrogens with one attached hydrogen (secondary N) is 1. The maximum Gasteiger partial charge on any atom is 0.110 e. The lowest BCUT2D eigenvalue weighted by atomic mass is 10.1. The van der Waals surface area contributed by atoms with Crippen molar-refractivity contribution in [3.8, 4) is 0 Å². The topological polar surface area (TPSA) is 65.1 Å². The first kappa shape index (κ1) is 14.2. The fourth-order valence-corrected chi connectivity index (χ4v) is 1.91. The average molecular weight is 240 g/mol. The zero-order valence-corrected chi connectivity index (χ0v) is 11.0. The third-order valence-corrected chi connectivity index (χ3v) is 2.88. The Kier molecular flexibility index (Phi) is 6.18. The van der Waals surface area contributed by atoms with Gasteiger partial charge >= 0.3 is 0 Å². The van der Waals surface area contributed by atoms with E-state index in [-0.39, 0.29) is 12.1 Å². The van der Waals surface area contributed by atoms with Crippen LogP contribution < -0.4 is 11.3 Å². The highest BCUT2D eigenvalue weighted by atomic mass is 16.5. The van der Waals surface area contributed by atoms with Crippen molar-refractivity contribution in [3.05, 3.63) is 18.2 Å². The first-order valence-corrected chi connectivity index (χ1v) is 6.30. The minimum atomic E-state index is 0.0803. The Morgan fingerprint density at radius 1 is 1.53 bits per heavy atom. The molecule has 0 aliphatic carbocycles. The molecule has 0 aromatic carbocycles. The molecule has 0 fully saturated rings. The van der Waals surface area contributed by atoms with Gasteiger partial charge in [-0.15, -0.1) is 0 Å². The van der Waals surface area contributed by atoms with Crippen molar-refractivity contribution < 1.29 is 4.74 Å². The highest BCUT2D eigenvalue weighted by Crippen LogP contribution is 2.07. The summed E-state index contributed by atoms with van der Waals surface area (Å²) in [5.41, 5.74) is 2.82. The van der Waals surface area contributed by atoms with E-state index >= 15 is 0 Å². The van der Waals surface area contributed by atoms with Gasteiger partial charge in [0.1, 0.15) is 5.82 Å². The molecule has 5 heteroatoms. The second-order valence-electron chi connectivity index (χ2n) is 4.17. The molecule has 17 heavy (non-hydrogen) atoms. The summed E-state index contributed by atoms with van der Waals surface area (Å²) in [6.07, 6.45) is 5.81. The summed E-state index contributed by atoms with van der Waals surface area (Å²) in [6.45, 7) is 7.87. The molecule has 0 aliphatic heterocycles. The van der Waals surface area contributed by atoms with Gasteiger partial charge in [0.05, 0.1) is 12.1 Å². The van der Waals surface area contributed by atoms with Gasteiger partial charge in [-0.1, -0.05) is 6.92 Å². The van der Waals surface area contributed by atoms with Gasteiger partial charge in [-0.05, 0) is 20.3 Å². The van der Waals surface area contributed by atoms with Crippen LogP contribution in [-0.4, -0.2) is 28.3 Å². The van der Waals surface area contributed by atoms with E-state index in [2.05, 4.69) is 21.9 Å². The van der Waals surface area contributed by atoms with Gasteiger partial charge in [-0.25, -0.2) is 4.98 Å². The van der Waals surface area contributed by atoms with Gasteiger partial charge < -0.3 is 9.30 Å². The lowest BCUT2D eigenvalue weighted by Gasteiger charge is -2.23. The van der Waals surface area contributed by atoms with Gasteiger partial charge in [0.25, 0.3) is 0 Å². The molecule has 5 nitrogen and oxygen atoms in total. The molecule has 0 radical (unpaired) electrons. The van der Waals surface area contributed by atoms with Crippen LogP contribution in [0.2, 0.25) is 0 Å². The Labute approximate surface area is 103 Å². The third-order valence-electron chi connectivity index (χ3n) is 2.88. The molecule has 98 valence electrons. The molecule has 2 unspecified atom stereocenters. The van der Waals surface area contributed by atoms with E-state index in [0.29, 0.717) is 6.61 Å². The fourth-order valence-electron chi connectivity index (χ4n) is 1.91. The standard InChI is InChI=1S/C12H24N4O/c1-4-7-16-8-6-14-12(16)9-11(15-13)10(3)17-5-2/h6,8,10-11,15H,4-5,7,9,13H2,1-3H3. The average Bonchev–Trinajstić information content (AvgIpc) is 2.74. The minimum Gasteiger partial charge on any atom is -0.377 e. The molecule has 0 bridgehead atoms. The summed E-state index contributed by atoms with van der Waals surface area (Å²) in [7, 11) is 0. The predicted molar refractivity (Wildman–Crippen MR) is 68.4 cm³/mol. The van der Waals surface area contributed by atoms with E-state index in [9.17, 15) is 0 Å². The van der Waals surface area contributed by atoms with E-state index in [1.165, 1.54) is 0 Å². The normalized spacial score (nSPS) is 14.8. The van der Waals surface area contributed by atoms with E-state index in [1.54, 1.807) is 0 Å². The molecule has 1 aromatic heterocycles. The second kappa shape index (κ2) is 7.42. The van der Waals surface area contributed by atoms with Crippen LogP contribution in [0.4, 0.5) is 0 Å². The molecule has 0 aliphatic rings. The smallest absolute Gasteiger partial charge is 0.110 e. The zero-order valence-electron chi connectivity index (χ0n) is 11.0. The van der Waals surface area contributed by atoms with Crippen LogP contribution in [0.15, 0.2) is 12.4 Å². The first-order valence-electron chi connectivity index (χ1n) is 6.30. The number of hydrazine groups is 1. The molecule has 0 saturated carbocycles. The summed E-state index contributed by atoms with van der Waals surface area (Å²) in [4.78, 5) is 4.38. The Balaban J connectivity index is 2.63. The summed E-state index contributed by atoms with van der Waals surface area (Å²) in [5, 5.41) is 0. The number of hydrogen-bond acceptors (Lipinski definition) is 4. The maximum atomic E-state index is 5.58. The number of imidazole rings is 1. The van der Waals surface area contributed by atoms with Crippen LogP contribution >= 0.6 is 0 Å². The quantitative estimate of drug-likeness (QED) is 0.527. The minimum absolute atomic E-state index is 0.0803. The van der Waals surface area contributed by atoms with Gasteiger partial charge in [-0.2, -0.15) is 0 Å². The molecular formula is C12H24N4O. The molecule has 3 N–H and O–H groups in total. The Bertz CT molecular complexity index is 313. The van der Waals surface area contributed by atoms with Crippen molar-refractivity contribution in [2.75, 3.05) is 6.61 Å². The summed E-state index contributed by atoms with van der Waals surface area (Å²) in [6, 6.07) is 0.0907. The molecule has 0 saturated heterocycles. The van der Waals surface area contributed by atoms with Crippen molar-refractivity contribution >= 4 is 0 Å². The predicted octanol–water partition coefficient (Wildman–Crippen LogP) is 1.09. The SMILES string of the molecule is CCCn1ccnc1CC(NN)C(C)OCC. The largest absolute Gasteiger partial charge is 0.377 e. The molecule has 1 rings (SSSR count). The highest BCUT2D eigenvalue weighted by Gasteiger charge is 2.18. The number of aryl methyl sites for hydroxylation is 1. The van der Waals surface area contributed by atoms with Crippen LogP contribution in [0.25, 0.3) is 0 Å². The molecule has 1 heterocycles. The van der Waals surface area contributed by atoms with E-state index in [0.717, 1.165) is 25.2 Å². The van der Waals surface area contributed by atoms with E-state index in [4.69, 9.17) is 10.6 Å². The maximum absolute atomic E-state index is 5.58.